The number of carbonyl (C=O) groups excluding carboxylic acids is 1. The zero-order valence-electron chi connectivity index (χ0n) is 15.1. The molecule has 1 N–H and O–H groups in total. The van der Waals surface area contributed by atoms with E-state index in [-0.39, 0.29) is 23.1 Å². The first kappa shape index (κ1) is 18.9. The summed E-state index contributed by atoms with van der Waals surface area (Å²) in [4.78, 5) is 26.1. The van der Waals surface area contributed by atoms with E-state index in [4.69, 9.17) is 0 Å². The summed E-state index contributed by atoms with van der Waals surface area (Å²) < 4.78 is 24.3. The average Bonchev–Trinajstić information content (AvgIpc) is 3.15. The standard InChI is InChI=1S/C19H25NO5S/c1-12(2)26(24,25)15-8-6-13(7-9-15)10-17(21)20-11-14-4-3-5-16(14)18(20)19(22)23/h6-9,12,14,16,18H,3-5,10-11H2,1-2H3,(H,22,23). The maximum atomic E-state index is 12.7. The molecule has 1 aromatic carbocycles. The Kier molecular flexibility index (Phi) is 5.10. The minimum atomic E-state index is -3.34. The molecular weight excluding hydrogens is 354 g/mol. The van der Waals surface area contributed by atoms with Gasteiger partial charge >= 0.3 is 5.97 Å². The van der Waals surface area contributed by atoms with E-state index in [1.54, 1.807) is 26.0 Å². The molecule has 1 heterocycles. The Bertz CT molecular complexity index is 800. The summed E-state index contributed by atoms with van der Waals surface area (Å²) in [7, 11) is -3.34. The molecule has 0 aromatic heterocycles. The van der Waals surface area contributed by atoms with E-state index in [9.17, 15) is 23.1 Å². The highest BCUT2D eigenvalue weighted by Gasteiger charge is 2.49. The number of amides is 1. The fourth-order valence-electron chi connectivity index (χ4n) is 4.22. The van der Waals surface area contributed by atoms with E-state index in [1.807, 2.05) is 0 Å². The first-order chi connectivity index (χ1) is 12.2. The van der Waals surface area contributed by atoms with Gasteiger partial charge in [-0.2, -0.15) is 0 Å². The summed E-state index contributed by atoms with van der Waals surface area (Å²) in [6.45, 7) is 3.77. The number of carbonyl (C=O) groups is 2. The van der Waals surface area contributed by atoms with E-state index >= 15 is 0 Å². The lowest BCUT2D eigenvalue weighted by atomic mass is 9.94. The zero-order chi connectivity index (χ0) is 19.1. The SMILES string of the molecule is CC(C)S(=O)(=O)c1ccc(CC(=O)N2CC3CCCC3C2C(=O)O)cc1. The van der Waals surface area contributed by atoms with Crippen molar-refractivity contribution < 1.29 is 23.1 Å². The van der Waals surface area contributed by atoms with Crippen molar-refractivity contribution >= 4 is 21.7 Å². The summed E-state index contributed by atoms with van der Waals surface area (Å²) in [6, 6.07) is 5.59. The van der Waals surface area contributed by atoms with Gasteiger partial charge in [0.1, 0.15) is 6.04 Å². The number of aliphatic carboxylic acids is 1. The average molecular weight is 379 g/mol. The molecule has 26 heavy (non-hydrogen) atoms. The Morgan fingerprint density at radius 1 is 1.19 bits per heavy atom. The highest BCUT2D eigenvalue weighted by atomic mass is 32.2. The fourth-order valence-corrected chi connectivity index (χ4v) is 5.28. The maximum absolute atomic E-state index is 12.7. The molecule has 7 heteroatoms. The third kappa shape index (κ3) is 3.37. The van der Waals surface area contributed by atoms with Crippen LogP contribution in [0.25, 0.3) is 0 Å². The molecule has 1 aliphatic heterocycles. The van der Waals surface area contributed by atoms with E-state index < -0.39 is 27.1 Å². The number of nitrogens with zero attached hydrogens (tertiary/aromatic N) is 1. The molecule has 2 fully saturated rings. The van der Waals surface area contributed by atoms with Crippen LogP contribution in [0.1, 0.15) is 38.7 Å². The lowest BCUT2D eigenvalue weighted by molar-refractivity contribution is -0.149. The van der Waals surface area contributed by atoms with Gasteiger partial charge < -0.3 is 10.0 Å². The minimum absolute atomic E-state index is 0.0648. The molecule has 0 bridgehead atoms. The lowest BCUT2D eigenvalue weighted by Gasteiger charge is -2.24. The number of fused-ring (bicyclic) bond motifs is 1. The number of benzene rings is 1. The second kappa shape index (κ2) is 7.02. The molecule has 1 saturated heterocycles. The van der Waals surface area contributed by atoms with E-state index in [1.165, 1.54) is 17.0 Å². The third-order valence-corrected chi connectivity index (χ3v) is 7.86. The van der Waals surface area contributed by atoms with Gasteiger partial charge in [0, 0.05) is 6.54 Å². The molecular formula is C19H25NO5S. The van der Waals surface area contributed by atoms with E-state index in [0.717, 1.165) is 19.3 Å². The minimum Gasteiger partial charge on any atom is -0.480 e. The van der Waals surface area contributed by atoms with Gasteiger partial charge in [-0.05, 0) is 56.2 Å². The van der Waals surface area contributed by atoms with Gasteiger partial charge in [0.2, 0.25) is 5.91 Å². The number of sulfone groups is 1. The molecule has 1 aromatic rings. The number of hydrogen-bond acceptors (Lipinski definition) is 4. The molecule has 2 aliphatic rings. The van der Waals surface area contributed by atoms with Crippen molar-refractivity contribution in [1.82, 2.24) is 4.90 Å². The monoisotopic (exact) mass is 379 g/mol. The molecule has 1 amide bonds. The fraction of sp³-hybridized carbons (Fsp3) is 0.579. The van der Waals surface area contributed by atoms with Crippen LogP contribution in [0.5, 0.6) is 0 Å². The molecule has 0 spiro atoms. The van der Waals surface area contributed by atoms with Crippen molar-refractivity contribution in [3.8, 4) is 0 Å². The van der Waals surface area contributed by atoms with Gasteiger partial charge in [-0.25, -0.2) is 13.2 Å². The van der Waals surface area contributed by atoms with Crippen molar-refractivity contribution in [2.24, 2.45) is 11.8 Å². The van der Waals surface area contributed by atoms with Gasteiger partial charge in [-0.3, -0.25) is 4.79 Å². The van der Waals surface area contributed by atoms with Crippen LogP contribution in [0.4, 0.5) is 0 Å². The molecule has 1 saturated carbocycles. The van der Waals surface area contributed by atoms with Crippen LogP contribution >= 0.6 is 0 Å². The molecule has 3 unspecified atom stereocenters. The van der Waals surface area contributed by atoms with Crippen LogP contribution in [0.2, 0.25) is 0 Å². The summed E-state index contributed by atoms with van der Waals surface area (Å²) in [5.74, 6) is -0.772. The zero-order valence-corrected chi connectivity index (χ0v) is 15.9. The van der Waals surface area contributed by atoms with Crippen LogP contribution in [0.15, 0.2) is 29.2 Å². The molecule has 142 valence electrons. The largest absolute Gasteiger partial charge is 0.480 e. The van der Waals surface area contributed by atoms with Crippen LogP contribution in [0, 0.1) is 11.8 Å². The summed E-state index contributed by atoms with van der Waals surface area (Å²) >= 11 is 0. The van der Waals surface area contributed by atoms with Gasteiger partial charge in [0.25, 0.3) is 0 Å². The second-order valence-corrected chi connectivity index (χ2v) is 10.1. The predicted molar refractivity (Wildman–Crippen MR) is 96.4 cm³/mol. The van der Waals surface area contributed by atoms with E-state index in [0.29, 0.717) is 18.0 Å². The third-order valence-electron chi connectivity index (χ3n) is 5.69. The first-order valence-corrected chi connectivity index (χ1v) is 10.6. The smallest absolute Gasteiger partial charge is 0.326 e. The van der Waals surface area contributed by atoms with Crippen molar-refractivity contribution in [2.75, 3.05) is 6.54 Å². The Hall–Kier alpha value is -1.89. The van der Waals surface area contributed by atoms with Gasteiger partial charge in [-0.1, -0.05) is 18.6 Å². The number of likely N-dealkylation sites (tertiary alicyclic amines) is 1. The normalized spacial score (nSPS) is 25.5. The summed E-state index contributed by atoms with van der Waals surface area (Å²) in [5, 5.41) is 9.06. The molecule has 0 radical (unpaired) electrons. The van der Waals surface area contributed by atoms with Gasteiger partial charge in [-0.15, -0.1) is 0 Å². The Morgan fingerprint density at radius 3 is 2.42 bits per heavy atom. The predicted octanol–water partition coefficient (Wildman–Crippen LogP) is 2.12. The number of carboxylic acid groups (broad SMARTS) is 1. The van der Waals surface area contributed by atoms with Crippen molar-refractivity contribution in [1.29, 1.82) is 0 Å². The highest BCUT2D eigenvalue weighted by Crippen LogP contribution is 2.42. The van der Waals surface area contributed by atoms with Gasteiger partial charge in [0.05, 0.1) is 16.6 Å². The molecule has 3 atom stereocenters. The number of carboxylic acids is 1. The lowest BCUT2D eigenvalue weighted by Crippen LogP contribution is -2.43. The molecule has 3 rings (SSSR count). The number of rotatable bonds is 5. The van der Waals surface area contributed by atoms with Crippen molar-refractivity contribution in [3.05, 3.63) is 29.8 Å². The Morgan fingerprint density at radius 2 is 1.85 bits per heavy atom. The quantitative estimate of drug-likeness (QED) is 0.846. The molecule has 1 aliphatic carbocycles. The summed E-state index contributed by atoms with van der Waals surface area (Å²) in [6.07, 6.45) is 2.98. The van der Waals surface area contributed by atoms with Crippen LogP contribution < -0.4 is 0 Å². The second-order valence-electron chi connectivity index (χ2n) is 7.60. The van der Waals surface area contributed by atoms with Crippen molar-refractivity contribution in [2.45, 2.75) is 55.7 Å². The van der Waals surface area contributed by atoms with Gasteiger partial charge in [0.15, 0.2) is 9.84 Å². The number of hydrogen-bond donors (Lipinski definition) is 1. The Labute approximate surface area is 154 Å². The van der Waals surface area contributed by atoms with Crippen LogP contribution in [-0.2, 0) is 25.8 Å². The van der Waals surface area contributed by atoms with Crippen molar-refractivity contribution in [3.63, 3.8) is 0 Å². The molecule has 6 nitrogen and oxygen atoms in total. The van der Waals surface area contributed by atoms with E-state index in [2.05, 4.69) is 0 Å². The highest BCUT2D eigenvalue weighted by molar-refractivity contribution is 7.92. The first-order valence-electron chi connectivity index (χ1n) is 9.07. The summed E-state index contributed by atoms with van der Waals surface area (Å²) in [5.41, 5.74) is 0.693. The Balaban J connectivity index is 1.73. The van der Waals surface area contributed by atoms with Crippen LogP contribution in [-0.4, -0.2) is 48.1 Å². The van der Waals surface area contributed by atoms with Crippen LogP contribution in [0.3, 0.4) is 0 Å². The topological polar surface area (TPSA) is 91.8 Å². The maximum Gasteiger partial charge on any atom is 0.326 e.